The first kappa shape index (κ1) is 78.2. The van der Waals surface area contributed by atoms with Gasteiger partial charge < -0.3 is 34.2 Å². The highest BCUT2D eigenvalue weighted by atomic mass is 31.2. The summed E-state index contributed by atoms with van der Waals surface area (Å²) in [5.41, 5.74) is 0. The number of aliphatic hydroxyl groups excluding tert-OH is 2. The van der Waals surface area contributed by atoms with Gasteiger partial charge in [0, 0.05) is 19.3 Å². The lowest BCUT2D eigenvalue weighted by Gasteiger charge is -2.21. The van der Waals surface area contributed by atoms with Crippen LogP contribution in [0.1, 0.15) is 265 Å². The fraction of sp³-hybridized carbons (Fsp3) is 0.794. The molecule has 0 aromatic rings. The van der Waals surface area contributed by atoms with Gasteiger partial charge in [-0.05, 0) is 83.5 Å². The van der Waals surface area contributed by atoms with E-state index in [9.17, 15) is 43.5 Å². The van der Waals surface area contributed by atoms with E-state index in [0.717, 1.165) is 122 Å². The van der Waals surface area contributed by atoms with Crippen molar-refractivity contribution in [2.24, 2.45) is 0 Å². The lowest BCUT2D eigenvalue weighted by atomic mass is 10.0. The molecule has 0 aliphatic heterocycles. The molecule has 0 bridgehead atoms. The maximum absolute atomic E-state index is 12.9. The fourth-order valence-corrected chi connectivity index (χ4v) is 9.96. The average Bonchev–Trinajstić information content (AvgIpc) is 3.45. The largest absolute Gasteiger partial charge is 0.472 e. The van der Waals surface area contributed by atoms with Gasteiger partial charge >= 0.3 is 33.6 Å². The van der Waals surface area contributed by atoms with Crippen molar-refractivity contribution in [3.05, 3.63) is 60.8 Å². The number of ether oxygens (including phenoxy) is 3. The molecule has 81 heavy (non-hydrogen) atoms. The second-order valence-corrected chi connectivity index (χ2v) is 24.1. The van der Waals surface area contributed by atoms with Crippen LogP contribution in [0.4, 0.5) is 0 Å². The van der Waals surface area contributed by atoms with E-state index in [1.807, 2.05) is 0 Å². The number of aliphatic hydroxyl groups is 2. The number of esters is 3. The van der Waals surface area contributed by atoms with Crippen molar-refractivity contribution in [1.82, 2.24) is 0 Å². The maximum Gasteiger partial charge on any atom is 0.472 e. The first-order valence-electron chi connectivity index (χ1n) is 31.6. The zero-order valence-electron chi connectivity index (χ0n) is 50.7. The zero-order valence-corrected chi connectivity index (χ0v) is 52.5. The van der Waals surface area contributed by atoms with Gasteiger partial charge in [-0.2, -0.15) is 0 Å². The van der Waals surface area contributed by atoms with Crippen molar-refractivity contribution in [2.75, 3.05) is 39.6 Å². The Morgan fingerprint density at radius 1 is 0.358 bits per heavy atom. The van der Waals surface area contributed by atoms with Gasteiger partial charge in [-0.15, -0.1) is 0 Å². The summed E-state index contributed by atoms with van der Waals surface area (Å²) in [6, 6.07) is 0. The summed E-state index contributed by atoms with van der Waals surface area (Å²) < 4.78 is 60.7. The van der Waals surface area contributed by atoms with Crippen LogP contribution in [0.15, 0.2) is 60.8 Å². The molecular weight excluding hydrogens is 1070 g/mol. The van der Waals surface area contributed by atoms with Crippen molar-refractivity contribution in [1.29, 1.82) is 0 Å². The van der Waals surface area contributed by atoms with Crippen LogP contribution in [0.3, 0.4) is 0 Å². The van der Waals surface area contributed by atoms with Crippen LogP contribution in [-0.4, -0.2) is 95.9 Å². The molecule has 0 aromatic carbocycles. The van der Waals surface area contributed by atoms with Gasteiger partial charge in [-0.1, -0.05) is 223 Å². The molecule has 0 aliphatic rings. The minimum absolute atomic E-state index is 0.106. The van der Waals surface area contributed by atoms with Crippen molar-refractivity contribution in [2.45, 2.75) is 283 Å². The Bertz CT molecular complexity index is 1730. The molecule has 5 unspecified atom stereocenters. The molecule has 0 saturated heterocycles. The monoisotopic (exact) mass is 1190 g/mol. The van der Waals surface area contributed by atoms with Crippen molar-refractivity contribution in [3.8, 4) is 0 Å². The summed E-state index contributed by atoms with van der Waals surface area (Å²) in [5.74, 6) is -1.60. The molecule has 0 amide bonds. The van der Waals surface area contributed by atoms with Crippen molar-refractivity contribution < 1.29 is 75.8 Å². The molecule has 0 saturated carbocycles. The van der Waals surface area contributed by atoms with Crippen molar-refractivity contribution >= 4 is 33.6 Å². The molecule has 5 atom stereocenters. The summed E-state index contributed by atoms with van der Waals surface area (Å²) in [5, 5.41) is 20.5. The summed E-state index contributed by atoms with van der Waals surface area (Å²) >= 11 is 0. The average molecular weight is 1190 g/mol. The van der Waals surface area contributed by atoms with Crippen LogP contribution in [0, 0.1) is 0 Å². The number of phosphoric acid groups is 2. The Labute approximate surface area is 490 Å². The third kappa shape index (κ3) is 58.8. The maximum atomic E-state index is 12.9. The van der Waals surface area contributed by atoms with Gasteiger partial charge in [-0.3, -0.25) is 32.5 Å². The predicted molar refractivity (Wildman–Crippen MR) is 325 cm³/mol. The number of hydrogen-bond donors (Lipinski definition) is 4. The second kappa shape index (κ2) is 57.7. The van der Waals surface area contributed by atoms with E-state index in [1.165, 1.54) is 83.5 Å². The normalized spacial score (nSPS) is 14.8. The molecule has 0 spiro atoms. The van der Waals surface area contributed by atoms with E-state index in [1.54, 1.807) is 0 Å². The van der Waals surface area contributed by atoms with Crippen LogP contribution >= 0.6 is 15.6 Å². The van der Waals surface area contributed by atoms with Crippen LogP contribution < -0.4 is 0 Å². The van der Waals surface area contributed by atoms with Gasteiger partial charge in [0.25, 0.3) is 0 Å². The van der Waals surface area contributed by atoms with Gasteiger partial charge in [0.05, 0.1) is 26.4 Å². The highest BCUT2D eigenvalue weighted by molar-refractivity contribution is 7.47. The first-order valence-corrected chi connectivity index (χ1v) is 34.6. The SMILES string of the molecule is CC/C=C\C/C=C\C/C=C\CCCCCCCC(=O)OCC(O)COP(=O)(O)OCC(O)COP(=O)(O)OCC(COC(=O)CCCCCCC/C=C\C/C=C\CCCCC)OC(=O)CCCCCCCCCCCCCCCCC. The molecule has 0 fully saturated rings. The number of rotatable bonds is 60. The van der Waals surface area contributed by atoms with Gasteiger partial charge in [0.1, 0.15) is 25.4 Å². The molecule has 0 rings (SSSR count). The zero-order chi connectivity index (χ0) is 59.6. The Hall–Kier alpha value is -2.75. The summed E-state index contributed by atoms with van der Waals surface area (Å²) in [6.07, 6.45) is 55.6. The Balaban J connectivity index is 4.72. The van der Waals surface area contributed by atoms with E-state index in [-0.39, 0.29) is 19.3 Å². The lowest BCUT2D eigenvalue weighted by Crippen LogP contribution is -2.30. The predicted octanol–water partition coefficient (Wildman–Crippen LogP) is 16.6. The number of phosphoric ester groups is 2. The smallest absolute Gasteiger partial charge is 0.463 e. The minimum Gasteiger partial charge on any atom is -0.463 e. The van der Waals surface area contributed by atoms with E-state index in [2.05, 4.69) is 81.5 Å². The molecule has 4 N–H and O–H groups in total. The quantitative estimate of drug-likeness (QED) is 0.0146. The summed E-state index contributed by atoms with van der Waals surface area (Å²) in [6.45, 7) is 2.50. The third-order valence-corrected chi connectivity index (χ3v) is 15.1. The van der Waals surface area contributed by atoms with Crippen LogP contribution in [0.25, 0.3) is 0 Å². The van der Waals surface area contributed by atoms with E-state index in [0.29, 0.717) is 19.3 Å². The topological polar surface area (TPSA) is 231 Å². The number of allylic oxidation sites excluding steroid dienone is 10. The van der Waals surface area contributed by atoms with Crippen LogP contribution in [0.2, 0.25) is 0 Å². The fourth-order valence-electron chi connectivity index (χ4n) is 8.38. The summed E-state index contributed by atoms with van der Waals surface area (Å²) in [7, 11) is -9.76. The Morgan fingerprint density at radius 3 is 1.06 bits per heavy atom. The highest BCUT2D eigenvalue weighted by Gasteiger charge is 2.29. The Kier molecular flexibility index (Phi) is 55.7. The van der Waals surface area contributed by atoms with Gasteiger partial charge in [-0.25, -0.2) is 9.13 Å². The van der Waals surface area contributed by atoms with Gasteiger partial charge in [0.2, 0.25) is 0 Å². The van der Waals surface area contributed by atoms with Crippen LogP contribution in [-0.2, 0) is 55.8 Å². The molecule has 0 aromatic heterocycles. The van der Waals surface area contributed by atoms with E-state index >= 15 is 0 Å². The lowest BCUT2D eigenvalue weighted by molar-refractivity contribution is -0.161. The molecule has 18 heteroatoms. The van der Waals surface area contributed by atoms with Gasteiger partial charge in [0.15, 0.2) is 6.10 Å². The van der Waals surface area contributed by atoms with E-state index in [4.69, 9.17) is 32.3 Å². The number of hydrogen-bond acceptors (Lipinski definition) is 14. The number of carbonyl (C=O) groups is 3. The van der Waals surface area contributed by atoms with Crippen LogP contribution in [0.5, 0.6) is 0 Å². The summed E-state index contributed by atoms with van der Waals surface area (Å²) in [4.78, 5) is 58.2. The molecule has 0 radical (unpaired) electrons. The molecule has 0 aliphatic carbocycles. The highest BCUT2D eigenvalue weighted by Crippen LogP contribution is 2.45. The third-order valence-electron chi connectivity index (χ3n) is 13.2. The number of unbranched alkanes of at least 4 members (excludes halogenated alkanes) is 27. The standard InChI is InChI=1S/C63H114O16P2/c1-4-7-10-13-16-19-22-25-28-31-34-37-40-43-46-49-61(66)73-52-58(64)53-75-80(69,70)76-54-59(65)55-77-81(71,72)78-57-60(79-63(68)51-48-45-42-39-36-33-30-27-24-21-18-15-12-9-6-3)56-74-62(67)50-47-44-41-38-35-32-29-26-23-20-17-14-11-8-5-2/h7,10,16-17,19-20,25-26,28-29,58-60,64-65H,4-6,8-9,11-15,18,21-24,27,30-57H2,1-3H3,(H,69,70)(H,71,72)/b10-7-,19-16-,20-17-,28-25-,29-26-. The minimum atomic E-state index is -4.92. The molecular formula is C63H114O16P2. The Morgan fingerprint density at radius 2 is 0.654 bits per heavy atom. The second-order valence-electron chi connectivity index (χ2n) is 21.2. The molecule has 16 nitrogen and oxygen atoms in total. The van der Waals surface area contributed by atoms with E-state index < -0.39 is 91.5 Å². The molecule has 472 valence electrons. The molecule has 0 heterocycles. The first-order chi connectivity index (χ1) is 39.2. The number of carbonyl (C=O) groups excluding carboxylic acids is 3. The van der Waals surface area contributed by atoms with Crippen molar-refractivity contribution in [3.63, 3.8) is 0 Å².